The largest absolute Gasteiger partial charge is 0.371 e. The summed E-state index contributed by atoms with van der Waals surface area (Å²) in [5.74, 6) is -0.417. The second-order valence-electron chi connectivity index (χ2n) is 8.39. The summed E-state index contributed by atoms with van der Waals surface area (Å²) in [6, 6.07) is 27.7. The molecule has 1 heterocycles. The van der Waals surface area contributed by atoms with Crippen molar-refractivity contribution in [2.45, 2.75) is 31.2 Å². The summed E-state index contributed by atoms with van der Waals surface area (Å²) in [6.07, 6.45) is 2.15. The van der Waals surface area contributed by atoms with E-state index in [1.165, 1.54) is 0 Å². The molecule has 1 saturated heterocycles. The van der Waals surface area contributed by atoms with Crippen LogP contribution in [0.15, 0.2) is 84.9 Å². The molecule has 0 saturated carbocycles. The molecule has 3 N–H and O–H groups in total. The van der Waals surface area contributed by atoms with Gasteiger partial charge < -0.3 is 10.2 Å². The first-order chi connectivity index (χ1) is 16.1. The number of piperidine rings is 1. The van der Waals surface area contributed by atoms with Crippen LogP contribution in [0.1, 0.15) is 46.7 Å². The number of benzene rings is 3. The Kier molecular flexibility index (Phi) is 7.37. The molecule has 0 unspecified atom stereocenters. The van der Waals surface area contributed by atoms with E-state index in [-0.39, 0.29) is 17.9 Å². The fourth-order valence-electron chi connectivity index (χ4n) is 4.44. The van der Waals surface area contributed by atoms with Gasteiger partial charge in [0.25, 0.3) is 5.91 Å². The average molecular weight is 444 g/mol. The van der Waals surface area contributed by atoms with E-state index in [0.717, 1.165) is 42.7 Å². The van der Waals surface area contributed by atoms with Gasteiger partial charge in [0, 0.05) is 42.7 Å². The topological polar surface area (TPSA) is 81.7 Å². The summed E-state index contributed by atoms with van der Waals surface area (Å²) in [4.78, 5) is 26.7. The van der Waals surface area contributed by atoms with Crippen LogP contribution in [0, 0.1) is 0 Å². The van der Waals surface area contributed by atoms with Crippen LogP contribution >= 0.6 is 0 Å². The highest BCUT2D eigenvalue weighted by Crippen LogP contribution is 2.28. The Morgan fingerprint density at radius 3 is 1.91 bits per heavy atom. The maximum absolute atomic E-state index is 13.0. The van der Waals surface area contributed by atoms with E-state index in [9.17, 15) is 9.59 Å². The van der Waals surface area contributed by atoms with E-state index >= 15 is 0 Å². The van der Waals surface area contributed by atoms with Crippen molar-refractivity contribution in [2.24, 2.45) is 0 Å². The van der Waals surface area contributed by atoms with E-state index in [2.05, 4.69) is 34.5 Å². The Morgan fingerprint density at radius 1 is 0.848 bits per heavy atom. The molecule has 6 heteroatoms. The highest BCUT2D eigenvalue weighted by atomic mass is 16.5. The highest BCUT2D eigenvalue weighted by Gasteiger charge is 2.23. The fourth-order valence-corrected chi connectivity index (χ4v) is 4.44. The van der Waals surface area contributed by atoms with Crippen molar-refractivity contribution in [3.63, 3.8) is 0 Å². The zero-order valence-electron chi connectivity index (χ0n) is 18.5. The normalized spacial score (nSPS) is 14.2. The van der Waals surface area contributed by atoms with Crippen LogP contribution in [0.5, 0.6) is 0 Å². The summed E-state index contributed by atoms with van der Waals surface area (Å²) in [7, 11) is 0. The van der Waals surface area contributed by atoms with Crippen LogP contribution in [0.2, 0.25) is 0 Å². The smallest absolute Gasteiger partial charge is 0.274 e. The van der Waals surface area contributed by atoms with Crippen LogP contribution in [0.25, 0.3) is 0 Å². The summed E-state index contributed by atoms with van der Waals surface area (Å²) >= 11 is 0. The fraction of sp³-hybridized carbons (Fsp3) is 0.259. The van der Waals surface area contributed by atoms with Gasteiger partial charge in [0.05, 0.1) is 0 Å². The molecule has 33 heavy (non-hydrogen) atoms. The van der Waals surface area contributed by atoms with Crippen molar-refractivity contribution in [1.82, 2.24) is 10.8 Å². The van der Waals surface area contributed by atoms with E-state index < -0.39 is 5.91 Å². The van der Waals surface area contributed by atoms with Gasteiger partial charge >= 0.3 is 0 Å². The van der Waals surface area contributed by atoms with Gasteiger partial charge in [-0.3, -0.25) is 14.8 Å². The number of hydroxylamine groups is 1. The Bertz CT molecular complexity index is 1010. The maximum Gasteiger partial charge on any atom is 0.274 e. The first kappa shape index (κ1) is 22.6. The lowest BCUT2D eigenvalue weighted by atomic mass is 9.88. The number of hydrogen-bond acceptors (Lipinski definition) is 4. The van der Waals surface area contributed by atoms with Gasteiger partial charge in [0.15, 0.2) is 0 Å². The number of amides is 2. The Balaban J connectivity index is 1.33. The number of hydrogen-bond donors (Lipinski definition) is 3. The maximum atomic E-state index is 13.0. The van der Waals surface area contributed by atoms with Crippen molar-refractivity contribution in [3.8, 4) is 0 Å². The standard InChI is InChI=1S/C27H29N3O3/c31-26(19-25(20-7-3-1-4-8-20)21-9-5-2-6-10-21)28-23-15-17-30(18-16-23)24-13-11-22(12-14-24)27(32)29-33/h1-14,23,25,33H,15-19H2,(H,28,31)(H,29,32). The van der Waals surface area contributed by atoms with E-state index in [1.807, 2.05) is 48.5 Å². The minimum absolute atomic E-state index is 0.0297. The number of rotatable bonds is 7. The second-order valence-corrected chi connectivity index (χ2v) is 8.39. The lowest BCUT2D eigenvalue weighted by Crippen LogP contribution is -2.45. The van der Waals surface area contributed by atoms with E-state index in [0.29, 0.717) is 12.0 Å². The molecule has 170 valence electrons. The molecule has 4 rings (SSSR count). The third-order valence-electron chi connectivity index (χ3n) is 6.25. The molecule has 0 radical (unpaired) electrons. The monoisotopic (exact) mass is 443 g/mol. The average Bonchev–Trinajstić information content (AvgIpc) is 2.88. The van der Waals surface area contributed by atoms with Gasteiger partial charge in [0.1, 0.15) is 0 Å². The summed E-state index contributed by atoms with van der Waals surface area (Å²) in [6.45, 7) is 1.66. The first-order valence-electron chi connectivity index (χ1n) is 11.3. The number of anilines is 1. The molecule has 2 amide bonds. The van der Waals surface area contributed by atoms with Crippen LogP contribution in [0.3, 0.4) is 0 Å². The summed E-state index contributed by atoms with van der Waals surface area (Å²) < 4.78 is 0. The SMILES string of the molecule is O=C(CC(c1ccccc1)c1ccccc1)NC1CCN(c2ccc(C(=O)NO)cc2)CC1. The van der Waals surface area contributed by atoms with Crippen molar-refractivity contribution < 1.29 is 14.8 Å². The van der Waals surface area contributed by atoms with E-state index in [1.54, 1.807) is 17.6 Å². The minimum Gasteiger partial charge on any atom is -0.371 e. The molecule has 0 aromatic heterocycles. The Labute approximate surface area is 194 Å². The van der Waals surface area contributed by atoms with Crippen molar-refractivity contribution >= 4 is 17.5 Å². The Morgan fingerprint density at radius 2 is 1.39 bits per heavy atom. The van der Waals surface area contributed by atoms with Gasteiger partial charge in [-0.2, -0.15) is 0 Å². The summed E-state index contributed by atoms with van der Waals surface area (Å²) in [5.41, 5.74) is 5.38. The van der Waals surface area contributed by atoms with Crippen molar-refractivity contribution in [3.05, 3.63) is 102 Å². The van der Waals surface area contributed by atoms with Gasteiger partial charge in [-0.25, -0.2) is 5.48 Å². The molecule has 1 fully saturated rings. The van der Waals surface area contributed by atoms with Crippen LogP contribution in [-0.2, 0) is 4.79 Å². The molecule has 6 nitrogen and oxygen atoms in total. The van der Waals surface area contributed by atoms with Gasteiger partial charge in [-0.05, 0) is 48.2 Å². The lowest BCUT2D eigenvalue weighted by Gasteiger charge is -2.34. The number of nitrogens with zero attached hydrogens (tertiary/aromatic N) is 1. The quantitative estimate of drug-likeness (QED) is 0.379. The molecule has 0 atom stereocenters. The molecule has 3 aromatic carbocycles. The number of nitrogens with one attached hydrogen (secondary N) is 2. The Hall–Kier alpha value is -3.64. The third-order valence-corrected chi connectivity index (χ3v) is 6.25. The molecular formula is C27H29N3O3. The first-order valence-corrected chi connectivity index (χ1v) is 11.3. The predicted molar refractivity (Wildman–Crippen MR) is 128 cm³/mol. The number of carbonyl (C=O) groups excluding carboxylic acids is 2. The number of carbonyl (C=O) groups is 2. The second kappa shape index (κ2) is 10.8. The molecule has 0 aliphatic carbocycles. The molecule has 0 spiro atoms. The van der Waals surface area contributed by atoms with Crippen LogP contribution < -0.4 is 15.7 Å². The van der Waals surface area contributed by atoms with Crippen LogP contribution in [-0.4, -0.2) is 36.2 Å². The lowest BCUT2D eigenvalue weighted by molar-refractivity contribution is -0.122. The zero-order valence-corrected chi connectivity index (χ0v) is 18.5. The van der Waals surface area contributed by atoms with Gasteiger partial charge in [-0.1, -0.05) is 60.7 Å². The molecule has 0 bridgehead atoms. The summed E-state index contributed by atoms with van der Waals surface area (Å²) in [5, 5.41) is 12.0. The molecule has 3 aromatic rings. The van der Waals surface area contributed by atoms with Crippen molar-refractivity contribution in [1.29, 1.82) is 0 Å². The molecule has 1 aliphatic heterocycles. The highest BCUT2D eigenvalue weighted by molar-refractivity contribution is 5.93. The van der Waals surface area contributed by atoms with Gasteiger partial charge in [-0.15, -0.1) is 0 Å². The van der Waals surface area contributed by atoms with Crippen LogP contribution in [0.4, 0.5) is 5.69 Å². The predicted octanol–water partition coefficient (Wildman–Crippen LogP) is 4.11. The molecule has 1 aliphatic rings. The molecular weight excluding hydrogens is 414 g/mol. The van der Waals surface area contributed by atoms with E-state index in [4.69, 9.17) is 5.21 Å². The third kappa shape index (κ3) is 5.79. The zero-order chi connectivity index (χ0) is 23.0. The minimum atomic E-state index is -0.521. The van der Waals surface area contributed by atoms with Gasteiger partial charge in [0.2, 0.25) is 5.91 Å². The van der Waals surface area contributed by atoms with Crippen molar-refractivity contribution in [2.75, 3.05) is 18.0 Å².